The maximum absolute atomic E-state index is 12.8. The van der Waals surface area contributed by atoms with Gasteiger partial charge in [-0.25, -0.2) is 0 Å². The van der Waals surface area contributed by atoms with Crippen LogP contribution < -0.4 is 14.8 Å². The molecule has 0 spiro atoms. The first-order chi connectivity index (χ1) is 12.3. The number of carbonyl (C=O) groups excluding carboxylic acids is 1. The minimum Gasteiger partial charge on any atom is -0.497 e. The summed E-state index contributed by atoms with van der Waals surface area (Å²) in [5, 5.41) is 2.67. The third-order valence-corrected chi connectivity index (χ3v) is 3.75. The summed E-state index contributed by atoms with van der Waals surface area (Å²) in [6.45, 7) is 1.80. The molecular weight excluding hydrogens is 347 g/mol. The van der Waals surface area contributed by atoms with Crippen LogP contribution in [-0.2, 0) is 11.0 Å². The van der Waals surface area contributed by atoms with Crippen molar-refractivity contribution >= 4 is 5.91 Å². The zero-order valence-corrected chi connectivity index (χ0v) is 14.5. The molecule has 4 nitrogen and oxygen atoms in total. The number of carbonyl (C=O) groups is 1. The standard InChI is InChI=1S/C19H20F3NO3/c1-13(14-4-3-5-15(12-14)19(20,21)22)23-18(24)10-11-26-17-8-6-16(25-2)7-9-17/h3-9,12-13H,10-11H2,1-2H3,(H,23,24). The van der Waals surface area contributed by atoms with Crippen molar-refractivity contribution in [3.05, 3.63) is 59.7 Å². The van der Waals surface area contributed by atoms with Crippen molar-refractivity contribution in [3.8, 4) is 11.5 Å². The number of rotatable bonds is 7. The van der Waals surface area contributed by atoms with Crippen LogP contribution in [0.2, 0.25) is 0 Å². The smallest absolute Gasteiger partial charge is 0.416 e. The lowest BCUT2D eigenvalue weighted by molar-refractivity contribution is -0.137. The number of hydrogen-bond acceptors (Lipinski definition) is 3. The molecule has 0 heterocycles. The Morgan fingerprint density at radius 1 is 1.12 bits per heavy atom. The van der Waals surface area contributed by atoms with E-state index in [1.807, 2.05) is 0 Å². The van der Waals surface area contributed by atoms with Crippen LogP contribution in [0.25, 0.3) is 0 Å². The number of benzene rings is 2. The Bertz CT molecular complexity index is 730. The molecule has 7 heteroatoms. The topological polar surface area (TPSA) is 47.6 Å². The molecule has 0 aromatic heterocycles. The quantitative estimate of drug-likeness (QED) is 0.791. The van der Waals surface area contributed by atoms with E-state index in [0.29, 0.717) is 17.1 Å². The molecule has 0 radical (unpaired) electrons. The summed E-state index contributed by atoms with van der Waals surface area (Å²) < 4.78 is 48.8. The lowest BCUT2D eigenvalue weighted by Gasteiger charge is -2.16. The van der Waals surface area contributed by atoms with Gasteiger partial charge in [-0.05, 0) is 48.9 Å². The monoisotopic (exact) mass is 367 g/mol. The molecule has 1 amide bonds. The molecule has 1 unspecified atom stereocenters. The summed E-state index contributed by atoms with van der Waals surface area (Å²) in [4.78, 5) is 12.0. The van der Waals surface area contributed by atoms with Crippen molar-refractivity contribution in [1.82, 2.24) is 5.32 Å². The maximum atomic E-state index is 12.8. The van der Waals surface area contributed by atoms with Crippen LogP contribution in [0, 0.1) is 0 Å². The third kappa shape index (κ3) is 5.68. The van der Waals surface area contributed by atoms with Gasteiger partial charge in [0.15, 0.2) is 0 Å². The molecule has 1 N–H and O–H groups in total. The Hall–Kier alpha value is -2.70. The molecule has 0 aliphatic heterocycles. The van der Waals surface area contributed by atoms with E-state index in [2.05, 4.69) is 5.32 Å². The molecule has 2 aromatic rings. The van der Waals surface area contributed by atoms with Gasteiger partial charge in [-0.2, -0.15) is 13.2 Å². The number of alkyl halides is 3. The Morgan fingerprint density at radius 2 is 1.77 bits per heavy atom. The number of amides is 1. The van der Waals surface area contributed by atoms with Gasteiger partial charge in [0.2, 0.25) is 5.91 Å². The van der Waals surface area contributed by atoms with E-state index < -0.39 is 17.8 Å². The minimum atomic E-state index is -4.41. The van der Waals surface area contributed by atoms with Crippen LogP contribution in [0.3, 0.4) is 0 Å². The van der Waals surface area contributed by atoms with Gasteiger partial charge in [0.05, 0.1) is 31.7 Å². The van der Waals surface area contributed by atoms with E-state index in [1.54, 1.807) is 44.4 Å². The predicted molar refractivity (Wildman–Crippen MR) is 91.1 cm³/mol. The van der Waals surface area contributed by atoms with Gasteiger partial charge < -0.3 is 14.8 Å². The van der Waals surface area contributed by atoms with E-state index in [9.17, 15) is 18.0 Å². The molecule has 0 aliphatic carbocycles. The zero-order chi connectivity index (χ0) is 19.2. The van der Waals surface area contributed by atoms with Crippen LogP contribution in [-0.4, -0.2) is 19.6 Å². The molecule has 0 saturated carbocycles. The van der Waals surface area contributed by atoms with Crippen molar-refractivity contribution in [2.24, 2.45) is 0 Å². The van der Waals surface area contributed by atoms with Crippen LogP contribution >= 0.6 is 0 Å². The summed E-state index contributed by atoms with van der Waals surface area (Å²) in [5.41, 5.74) is -0.344. The summed E-state index contributed by atoms with van der Waals surface area (Å²) in [6.07, 6.45) is -4.32. The highest BCUT2D eigenvalue weighted by Gasteiger charge is 2.30. The molecule has 2 rings (SSSR count). The van der Waals surface area contributed by atoms with Gasteiger partial charge >= 0.3 is 6.18 Å². The van der Waals surface area contributed by atoms with Gasteiger partial charge in [-0.3, -0.25) is 4.79 Å². The second-order valence-corrected chi connectivity index (χ2v) is 5.69. The molecular formula is C19H20F3NO3. The first-order valence-electron chi connectivity index (χ1n) is 8.03. The molecule has 0 aliphatic rings. The van der Waals surface area contributed by atoms with E-state index in [0.717, 1.165) is 12.1 Å². The second kappa shape index (κ2) is 8.60. The van der Waals surface area contributed by atoms with E-state index in [-0.39, 0.29) is 18.9 Å². The van der Waals surface area contributed by atoms with Gasteiger partial charge in [-0.1, -0.05) is 12.1 Å². The Labute approximate surface area is 149 Å². The van der Waals surface area contributed by atoms with E-state index in [4.69, 9.17) is 9.47 Å². The van der Waals surface area contributed by atoms with Crippen molar-refractivity contribution < 1.29 is 27.4 Å². The lowest BCUT2D eigenvalue weighted by Crippen LogP contribution is -2.28. The molecule has 140 valence electrons. The average Bonchev–Trinajstić information content (AvgIpc) is 2.61. The fraction of sp³-hybridized carbons (Fsp3) is 0.316. The van der Waals surface area contributed by atoms with Gasteiger partial charge in [-0.15, -0.1) is 0 Å². The first-order valence-corrected chi connectivity index (χ1v) is 8.03. The zero-order valence-electron chi connectivity index (χ0n) is 14.5. The molecule has 0 saturated heterocycles. The van der Waals surface area contributed by atoms with Gasteiger partial charge in [0.1, 0.15) is 11.5 Å². The average molecular weight is 367 g/mol. The molecule has 1 atom stereocenters. The number of methoxy groups -OCH3 is 1. The number of nitrogens with one attached hydrogen (secondary N) is 1. The molecule has 0 bridgehead atoms. The van der Waals surface area contributed by atoms with Gasteiger partial charge in [0.25, 0.3) is 0 Å². The third-order valence-electron chi connectivity index (χ3n) is 3.75. The fourth-order valence-electron chi connectivity index (χ4n) is 2.31. The summed E-state index contributed by atoms with van der Waals surface area (Å²) in [5.74, 6) is 0.998. The van der Waals surface area contributed by atoms with Crippen LogP contribution in [0.5, 0.6) is 11.5 Å². The lowest BCUT2D eigenvalue weighted by atomic mass is 10.0. The van der Waals surface area contributed by atoms with Crippen molar-refractivity contribution in [2.75, 3.05) is 13.7 Å². The SMILES string of the molecule is COc1ccc(OCCC(=O)NC(C)c2cccc(C(F)(F)F)c2)cc1. The van der Waals surface area contributed by atoms with Crippen LogP contribution in [0.4, 0.5) is 13.2 Å². The van der Waals surface area contributed by atoms with E-state index in [1.165, 1.54) is 6.07 Å². The Morgan fingerprint density at radius 3 is 2.38 bits per heavy atom. The second-order valence-electron chi connectivity index (χ2n) is 5.69. The van der Waals surface area contributed by atoms with E-state index >= 15 is 0 Å². The number of ether oxygens (including phenoxy) is 2. The first kappa shape index (κ1) is 19.6. The maximum Gasteiger partial charge on any atom is 0.416 e. The Kier molecular flexibility index (Phi) is 6.49. The summed E-state index contributed by atoms with van der Waals surface area (Å²) >= 11 is 0. The van der Waals surface area contributed by atoms with Crippen molar-refractivity contribution in [3.63, 3.8) is 0 Å². The molecule has 0 fully saturated rings. The largest absolute Gasteiger partial charge is 0.497 e. The highest BCUT2D eigenvalue weighted by atomic mass is 19.4. The van der Waals surface area contributed by atoms with Gasteiger partial charge in [0, 0.05) is 0 Å². The Balaban J connectivity index is 1.83. The summed E-state index contributed by atoms with van der Waals surface area (Å²) in [6, 6.07) is 11.3. The highest BCUT2D eigenvalue weighted by Crippen LogP contribution is 2.30. The minimum absolute atomic E-state index is 0.0926. The van der Waals surface area contributed by atoms with Crippen molar-refractivity contribution in [2.45, 2.75) is 25.6 Å². The summed E-state index contributed by atoms with van der Waals surface area (Å²) in [7, 11) is 1.56. The fourth-order valence-corrected chi connectivity index (χ4v) is 2.31. The highest BCUT2D eigenvalue weighted by molar-refractivity contribution is 5.76. The number of hydrogen-bond donors (Lipinski definition) is 1. The van der Waals surface area contributed by atoms with Crippen molar-refractivity contribution in [1.29, 1.82) is 0 Å². The molecule has 26 heavy (non-hydrogen) atoms. The normalized spacial score (nSPS) is 12.3. The predicted octanol–water partition coefficient (Wildman–Crippen LogP) is 4.36. The molecule has 2 aromatic carbocycles. The number of halogens is 3. The van der Waals surface area contributed by atoms with Crippen LogP contribution in [0.1, 0.15) is 30.5 Å². The van der Waals surface area contributed by atoms with Crippen LogP contribution in [0.15, 0.2) is 48.5 Å².